The molecule has 0 amide bonds. The van der Waals surface area contributed by atoms with Gasteiger partial charge in [-0.3, -0.25) is 4.79 Å². The standard InChI is InChI=1S/C12H10ClFN4O/c1-7-5-11(19)17-12(16-7)18-15-6-8-9(13)3-2-4-10(8)14/h2-6H,1H3,(H2,16,17,18,19)/b15-6+. The molecule has 0 aliphatic heterocycles. The van der Waals surface area contributed by atoms with Crippen LogP contribution in [0, 0.1) is 12.7 Å². The Labute approximate surface area is 113 Å². The normalized spacial score (nSPS) is 10.9. The third kappa shape index (κ3) is 3.38. The Bertz CT molecular complexity index is 663. The van der Waals surface area contributed by atoms with Gasteiger partial charge in [-0.05, 0) is 19.1 Å². The molecule has 2 rings (SSSR count). The van der Waals surface area contributed by atoms with Gasteiger partial charge in [0.2, 0.25) is 5.95 Å². The average Bonchev–Trinajstić information content (AvgIpc) is 2.32. The van der Waals surface area contributed by atoms with Gasteiger partial charge in [0.15, 0.2) is 0 Å². The first kappa shape index (κ1) is 13.2. The summed E-state index contributed by atoms with van der Waals surface area (Å²) in [6.07, 6.45) is 1.22. The number of nitrogens with zero attached hydrogens (tertiary/aromatic N) is 2. The number of hydrogen-bond donors (Lipinski definition) is 2. The van der Waals surface area contributed by atoms with E-state index in [9.17, 15) is 9.18 Å². The molecule has 0 atom stereocenters. The SMILES string of the molecule is Cc1cc(=O)nc(N/N=C/c2c(F)cccc2Cl)[nH]1. The van der Waals surface area contributed by atoms with Gasteiger partial charge in [0.25, 0.3) is 5.56 Å². The van der Waals surface area contributed by atoms with E-state index in [0.717, 1.165) is 0 Å². The predicted molar refractivity (Wildman–Crippen MR) is 72.2 cm³/mol. The zero-order valence-corrected chi connectivity index (χ0v) is 10.7. The number of anilines is 1. The van der Waals surface area contributed by atoms with E-state index in [0.29, 0.717) is 5.69 Å². The third-order valence-electron chi connectivity index (χ3n) is 2.24. The lowest BCUT2D eigenvalue weighted by atomic mass is 10.2. The Morgan fingerprint density at radius 1 is 1.53 bits per heavy atom. The van der Waals surface area contributed by atoms with Crippen LogP contribution in [0.5, 0.6) is 0 Å². The molecule has 0 radical (unpaired) electrons. The second-order valence-corrected chi connectivity index (χ2v) is 4.16. The summed E-state index contributed by atoms with van der Waals surface area (Å²) in [6.45, 7) is 1.71. The smallest absolute Gasteiger partial charge is 0.274 e. The van der Waals surface area contributed by atoms with Crippen molar-refractivity contribution in [3.8, 4) is 0 Å². The van der Waals surface area contributed by atoms with Crippen LogP contribution in [-0.2, 0) is 0 Å². The Morgan fingerprint density at radius 3 is 3.00 bits per heavy atom. The minimum Gasteiger partial charge on any atom is -0.328 e. The summed E-state index contributed by atoms with van der Waals surface area (Å²) in [6, 6.07) is 5.68. The number of aromatic nitrogens is 2. The number of aryl methyl sites for hydroxylation is 1. The molecule has 0 fully saturated rings. The molecule has 5 nitrogen and oxygen atoms in total. The molecule has 0 aliphatic rings. The van der Waals surface area contributed by atoms with Gasteiger partial charge in [0.05, 0.1) is 11.2 Å². The third-order valence-corrected chi connectivity index (χ3v) is 2.57. The highest BCUT2D eigenvalue weighted by atomic mass is 35.5. The number of H-pyrrole nitrogens is 1. The Balaban J connectivity index is 2.18. The van der Waals surface area contributed by atoms with E-state index in [-0.39, 0.29) is 16.5 Å². The molecule has 0 saturated carbocycles. The Kier molecular flexibility index (Phi) is 3.91. The van der Waals surface area contributed by atoms with Crippen LogP contribution in [0.3, 0.4) is 0 Å². The first-order chi connectivity index (χ1) is 9.06. The maximum absolute atomic E-state index is 13.4. The molecule has 2 N–H and O–H groups in total. The average molecular weight is 281 g/mol. The number of hydrogen-bond acceptors (Lipinski definition) is 4. The number of halogens is 2. The molecular weight excluding hydrogens is 271 g/mol. The Morgan fingerprint density at radius 2 is 2.32 bits per heavy atom. The number of rotatable bonds is 3. The summed E-state index contributed by atoms with van der Waals surface area (Å²) in [5.74, 6) is -0.308. The molecule has 1 heterocycles. The highest BCUT2D eigenvalue weighted by molar-refractivity contribution is 6.33. The van der Waals surface area contributed by atoms with E-state index in [2.05, 4.69) is 20.5 Å². The fourth-order valence-corrected chi connectivity index (χ4v) is 1.64. The van der Waals surface area contributed by atoms with Gasteiger partial charge in [-0.15, -0.1) is 0 Å². The monoisotopic (exact) mass is 280 g/mol. The minimum atomic E-state index is -0.483. The Hall–Kier alpha value is -2.21. The van der Waals surface area contributed by atoms with Crippen LogP contribution in [0.4, 0.5) is 10.3 Å². The molecule has 98 valence electrons. The highest BCUT2D eigenvalue weighted by Crippen LogP contribution is 2.16. The summed E-state index contributed by atoms with van der Waals surface area (Å²) in [4.78, 5) is 17.6. The van der Waals surface area contributed by atoms with Crippen molar-refractivity contribution in [3.63, 3.8) is 0 Å². The molecule has 2 aromatic rings. The van der Waals surface area contributed by atoms with Gasteiger partial charge in [0, 0.05) is 17.3 Å². The summed E-state index contributed by atoms with van der Waals surface area (Å²) in [5, 5.41) is 4.03. The van der Waals surface area contributed by atoms with Gasteiger partial charge in [-0.1, -0.05) is 17.7 Å². The number of nitrogens with one attached hydrogen (secondary N) is 2. The maximum atomic E-state index is 13.4. The number of aromatic amines is 1. The molecule has 19 heavy (non-hydrogen) atoms. The van der Waals surface area contributed by atoms with E-state index in [1.807, 2.05) is 0 Å². The topological polar surface area (TPSA) is 70.1 Å². The predicted octanol–water partition coefficient (Wildman–Crippen LogP) is 2.32. The molecule has 1 aromatic heterocycles. The van der Waals surface area contributed by atoms with Crippen molar-refractivity contribution in [2.45, 2.75) is 6.92 Å². The van der Waals surface area contributed by atoms with E-state index >= 15 is 0 Å². The van der Waals surface area contributed by atoms with E-state index < -0.39 is 11.4 Å². The van der Waals surface area contributed by atoms with Crippen molar-refractivity contribution in [2.24, 2.45) is 5.10 Å². The fourth-order valence-electron chi connectivity index (χ4n) is 1.42. The first-order valence-electron chi connectivity index (χ1n) is 5.37. The largest absolute Gasteiger partial charge is 0.328 e. The molecular formula is C12H10ClFN4O. The van der Waals surface area contributed by atoms with Crippen molar-refractivity contribution in [1.29, 1.82) is 0 Å². The summed E-state index contributed by atoms with van der Waals surface area (Å²) in [5.41, 5.74) is 2.92. The summed E-state index contributed by atoms with van der Waals surface area (Å²) >= 11 is 5.83. The second-order valence-electron chi connectivity index (χ2n) is 3.76. The molecule has 0 spiro atoms. The van der Waals surface area contributed by atoms with Crippen LogP contribution in [0.25, 0.3) is 0 Å². The van der Waals surface area contributed by atoms with Gasteiger partial charge in [-0.25, -0.2) is 9.82 Å². The van der Waals surface area contributed by atoms with E-state index in [4.69, 9.17) is 11.6 Å². The van der Waals surface area contributed by atoms with Gasteiger partial charge in [0.1, 0.15) is 5.82 Å². The van der Waals surface area contributed by atoms with Crippen LogP contribution in [0.15, 0.2) is 34.2 Å². The fraction of sp³-hybridized carbons (Fsp3) is 0.0833. The lowest BCUT2D eigenvalue weighted by Crippen LogP contribution is -2.10. The highest BCUT2D eigenvalue weighted by Gasteiger charge is 2.03. The van der Waals surface area contributed by atoms with Crippen LogP contribution >= 0.6 is 11.6 Å². The lowest BCUT2D eigenvalue weighted by Gasteiger charge is -2.01. The maximum Gasteiger partial charge on any atom is 0.274 e. The van der Waals surface area contributed by atoms with Crippen LogP contribution in [0.1, 0.15) is 11.3 Å². The van der Waals surface area contributed by atoms with Gasteiger partial charge < -0.3 is 4.98 Å². The van der Waals surface area contributed by atoms with E-state index in [1.165, 1.54) is 24.4 Å². The minimum absolute atomic E-state index is 0.159. The zero-order valence-electron chi connectivity index (χ0n) is 9.95. The number of benzene rings is 1. The van der Waals surface area contributed by atoms with Crippen molar-refractivity contribution < 1.29 is 4.39 Å². The van der Waals surface area contributed by atoms with Gasteiger partial charge >= 0.3 is 0 Å². The molecule has 7 heteroatoms. The van der Waals surface area contributed by atoms with E-state index in [1.54, 1.807) is 13.0 Å². The van der Waals surface area contributed by atoms with Crippen molar-refractivity contribution in [2.75, 3.05) is 5.43 Å². The van der Waals surface area contributed by atoms with Gasteiger partial charge in [-0.2, -0.15) is 10.1 Å². The molecule has 0 saturated heterocycles. The zero-order chi connectivity index (χ0) is 13.8. The quantitative estimate of drug-likeness (QED) is 0.669. The summed E-state index contributed by atoms with van der Waals surface area (Å²) in [7, 11) is 0. The lowest BCUT2D eigenvalue weighted by molar-refractivity contribution is 0.626. The van der Waals surface area contributed by atoms with Crippen molar-refractivity contribution in [3.05, 3.63) is 56.7 Å². The van der Waals surface area contributed by atoms with Crippen LogP contribution in [-0.4, -0.2) is 16.2 Å². The van der Waals surface area contributed by atoms with Crippen molar-refractivity contribution in [1.82, 2.24) is 9.97 Å². The molecule has 0 unspecified atom stereocenters. The van der Waals surface area contributed by atoms with Crippen LogP contribution in [0.2, 0.25) is 5.02 Å². The molecule has 1 aromatic carbocycles. The second kappa shape index (κ2) is 5.62. The molecule has 0 bridgehead atoms. The molecule has 0 aliphatic carbocycles. The number of hydrazone groups is 1. The summed E-state index contributed by atoms with van der Waals surface area (Å²) < 4.78 is 13.4. The van der Waals surface area contributed by atoms with Crippen molar-refractivity contribution >= 4 is 23.8 Å². The first-order valence-corrected chi connectivity index (χ1v) is 5.75. The van der Waals surface area contributed by atoms with Crippen LogP contribution < -0.4 is 11.0 Å².